The van der Waals surface area contributed by atoms with Crippen LogP contribution in [0.4, 0.5) is 0 Å². The minimum Gasteiger partial charge on any atom is -0.242 e. The lowest BCUT2D eigenvalue weighted by Gasteiger charge is -1.73. The van der Waals surface area contributed by atoms with Crippen LogP contribution in [-0.4, -0.2) is 4.98 Å². The first-order chi connectivity index (χ1) is 7.27. The molecule has 0 aliphatic heterocycles. The highest BCUT2D eigenvalue weighted by molar-refractivity contribution is 7.09. The number of rotatable bonds is 2. The first-order valence-corrected chi connectivity index (χ1v) is 5.98. The van der Waals surface area contributed by atoms with Crippen LogP contribution >= 0.6 is 11.3 Å². The zero-order valence-electron chi connectivity index (χ0n) is 9.95. The molecular formula is C13H19NS. The van der Waals surface area contributed by atoms with Crippen molar-refractivity contribution in [3.63, 3.8) is 0 Å². The van der Waals surface area contributed by atoms with Crippen LogP contribution < -0.4 is 9.88 Å². The normalized spacial score (nSPS) is 12.8. The molecular weight excluding hydrogens is 202 g/mol. The summed E-state index contributed by atoms with van der Waals surface area (Å²) in [6.45, 7) is 11.7. The molecule has 1 rings (SSSR count). The molecule has 1 heterocycles. The van der Waals surface area contributed by atoms with Crippen LogP contribution in [0.3, 0.4) is 0 Å². The molecule has 0 fully saturated rings. The van der Waals surface area contributed by atoms with Gasteiger partial charge in [0.05, 0.1) is 14.9 Å². The van der Waals surface area contributed by atoms with Gasteiger partial charge in [-0.1, -0.05) is 38.7 Å². The van der Waals surface area contributed by atoms with E-state index < -0.39 is 0 Å². The molecule has 15 heavy (non-hydrogen) atoms. The molecule has 2 heteroatoms. The Kier molecular flexibility index (Phi) is 7.56. The number of aromatic nitrogens is 1. The lowest BCUT2D eigenvalue weighted by molar-refractivity contribution is 1.23. The van der Waals surface area contributed by atoms with Gasteiger partial charge < -0.3 is 0 Å². The van der Waals surface area contributed by atoms with E-state index >= 15 is 0 Å². The van der Waals surface area contributed by atoms with Crippen LogP contribution in [0.5, 0.6) is 0 Å². The van der Waals surface area contributed by atoms with E-state index in [-0.39, 0.29) is 0 Å². The van der Waals surface area contributed by atoms with E-state index in [0.717, 1.165) is 10.4 Å². The molecule has 0 amide bonds. The first-order valence-electron chi connectivity index (χ1n) is 5.17. The van der Waals surface area contributed by atoms with Crippen molar-refractivity contribution in [2.75, 3.05) is 0 Å². The average molecular weight is 221 g/mol. The SMILES string of the molecule is C=C/C=c1/nc(C)s/c1=C/C=C\C.CC. The number of allylic oxidation sites excluding steroid dienone is 3. The summed E-state index contributed by atoms with van der Waals surface area (Å²) < 4.78 is 1.19. The number of hydrogen-bond acceptors (Lipinski definition) is 2. The standard InChI is InChI=1S/C11H13NS.C2H6/c1-4-6-8-11-10(7-5-2)12-9(3)13-11;1-2/h4-8H,2H2,1,3H3;1-2H3/b6-4-,10-7+,11-8+;. The highest BCUT2D eigenvalue weighted by atomic mass is 32.1. The first kappa shape index (κ1) is 13.8. The number of nitrogens with zero attached hydrogens (tertiary/aromatic N) is 1. The summed E-state index contributed by atoms with van der Waals surface area (Å²) in [6, 6.07) is 0. The summed E-state index contributed by atoms with van der Waals surface area (Å²) in [4.78, 5) is 4.38. The topological polar surface area (TPSA) is 12.9 Å². The van der Waals surface area contributed by atoms with Crippen LogP contribution in [0, 0.1) is 6.92 Å². The maximum atomic E-state index is 4.38. The van der Waals surface area contributed by atoms with Gasteiger partial charge in [0.1, 0.15) is 0 Å². The van der Waals surface area contributed by atoms with Gasteiger partial charge in [0.25, 0.3) is 0 Å². The zero-order valence-corrected chi connectivity index (χ0v) is 10.8. The van der Waals surface area contributed by atoms with E-state index in [1.165, 1.54) is 4.53 Å². The van der Waals surface area contributed by atoms with Gasteiger partial charge in [-0.15, -0.1) is 11.3 Å². The minimum absolute atomic E-state index is 1.01. The number of aryl methyl sites for hydroxylation is 1. The largest absolute Gasteiger partial charge is 0.242 e. The molecule has 82 valence electrons. The summed E-state index contributed by atoms with van der Waals surface area (Å²) >= 11 is 1.70. The molecule has 0 unspecified atom stereocenters. The van der Waals surface area contributed by atoms with Gasteiger partial charge in [-0.2, -0.15) is 0 Å². The third-order valence-corrected chi connectivity index (χ3v) is 2.46. The predicted octanol–water partition coefficient (Wildman–Crippen LogP) is 2.80. The molecule has 0 bridgehead atoms. The molecule has 1 nitrogen and oxygen atoms in total. The van der Waals surface area contributed by atoms with Gasteiger partial charge in [0, 0.05) is 0 Å². The van der Waals surface area contributed by atoms with Crippen molar-refractivity contribution < 1.29 is 0 Å². The molecule has 0 aromatic carbocycles. The van der Waals surface area contributed by atoms with Crippen molar-refractivity contribution in [1.82, 2.24) is 4.98 Å². The van der Waals surface area contributed by atoms with Gasteiger partial charge in [-0.05, 0) is 26.0 Å². The van der Waals surface area contributed by atoms with E-state index in [0.29, 0.717) is 0 Å². The van der Waals surface area contributed by atoms with Crippen molar-refractivity contribution in [2.45, 2.75) is 27.7 Å². The van der Waals surface area contributed by atoms with E-state index in [4.69, 9.17) is 0 Å². The lowest BCUT2D eigenvalue weighted by atomic mass is 10.4. The van der Waals surface area contributed by atoms with Gasteiger partial charge in [0.2, 0.25) is 0 Å². The van der Waals surface area contributed by atoms with Crippen molar-refractivity contribution in [3.05, 3.63) is 39.7 Å². The summed E-state index contributed by atoms with van der Waals surface area (Å²) in [5, 5.41) is 2.10. The van der Waals surface area contributed by atoms with Crippen LogP contribution in [0.2, 0.25) is 0 Å². The highest BCUT2D eigenvalue weighted by Crippen LogP contribution is 1.90. The molecule has 0 aliphatic carbocycles. The Bertz CT molecular complexity index is 424. The molecule has 0 N–H and O–H groups in total. The summed E-state index contributed by atoms with van der Waals surface area (Å²) in [5.74, 6) is 0. The van der Waals surface area contributed by atoms with Crippen LogP contribution in [-0.2, 0) is 0 Å². The van der Waals surface area contributed by atoms with Crippen LogP contribution in [0.15, 0.2) is 24.8 Å². The molecule has 0 atom stereocenters. The van der Waals surface area contributed by atoms with Gasteiger partial charge in [-0.25, -0.2) is 4.98 Å². The monoisotopic (exact) mass is 221 g/mol. The number of hydrogen-bond donors (Lipinski definition) is 0. The van der Waals surface area contributed by atoms with Gasteiger partial charge >= 0.3 is 0 Å². The third-order valence-electron chi connectivity index (χ3n) is 1.50. The van der Waals surface area contributed by atoms with Crippen molar-refractivity contribution in [1.29, 1.82) is 0 Å². The van der Waals surface area contributed by atoms with Crippen LogP contribution in [0.1, 0.15) is 25.8 Å². The Morgan fingerprint density at radius 3 is 2.47 bits per heavy atom. The average Bonchev–Trinajstić information content (AvgIpc) is 2.60. The van der Waals surface area contributed by atoms with Crippen LogP contribution in [0.25, 0.3) is 12.2 Å². The molecule has 0 spiro atoms. The Morgan fingerprint density at radius 1 is 1.27 bits per heavy atom. The van der Waals surface area contributed by atoms with E-state index in [9.17, 15) is 0 Å². The second-order valence-corrected chi connectivity index (χ2v) is 3.81. The Labute approximate surface area is 96.2 Å². The Morgan fingerprint density at radius 2 is 1.93 bits per heavy atom. The highest BCUT2D eigenvalue weighted by Gasteiger charge is 1.91. The second-order valence-electron chi connectivity index (χ2n) is 2.58. The predicted molar refractivity (Wildman–Crippen MR) is 71.4 cm³/mol. The maximum Gasteiger partial charge on any atom is 0.0907 e. The van der Waals surface area contributed by atoms with Crippen molar-refractivity contribution >= 4 is 23.5 Å². The van der Waals surface area contributed by atoms with E-state index in [1.807, 2.05) is 45.9 Å². The van der Waals surface area contributed by atoms with E-state index in [1.54, 1.807) is 17.4 Å². The van der Waals surface area contributed by atoms with Gasteiger partial charge in [0.15, 0.2) is 0 Å². The van der Waals surface area contributed by atoms with E-state index in [2.05, 4.69) is 17.6 Å². The smallest absolute Gasteiger partial charge is 0.0907 e. The minimum atomic E-state index is 1.01. The fourth-order valence-corrected chi connectivity index (χ4v) is 1.82. The molecule has 0 radical (unpaired) electrons. The lowest BCUT2D eigenvalue weighted by Crippen LogP contribution is -2.19. The quantitative estimate of drug-likeness (QED) is 0.748. The fraction of sp³-hybridized carbons (Fsp3) is 0.308. The van der Waals surface area contributed by atoms with Gasteiger partial charge in [-0.3, -0.25) is 0 Å². The molecule has 1 aromatic rings. The second kappa shape index (κ2) is 8.18. The summed E-state index contributed by atoms with van der Waals surface area (Å²) in [7, 11) is 0. The number of thiazole rings is 1. The maximum absolute atomic E-state index is 4.38. The van der Waals surface area contributed by atoms with Crippen molar-refractivity contribution in [2.24, 2.45) is 0 Å². The summed E-state index contributed by atoms with van der Waals surface area (Å²) in [5.41, 5.74) is 0. The zero-order chi connectivity index (χ0) is 11.7. The third kappa shape index (κ3) is 4.75. The Hall–Kier alpha value is -1.15. The molecule has 1 aromatic heterocycles. The fourth-order valence-electron chi connectivity index (χ4n) is 0.993. The molecule has 0 saturated carbocycles. The molecule has 0 saturated heterocycles. The summed E-state index contributed by atoms with van der Waals surface area (Å²) in [6.07, 6.45) is 9.79. The Balaban J connectivity index is 0.000000921. The van der Waals surface area contributed by atoms with Crippen molar-refractivity contribution in [3.8, 4) is 0 Å². The molecule has 0 aliphatic rings.